The van der Waals surface area contributed by atoms with Crippen LogP contribution in [-0.2, 0) is 33.2 Å². The summed E-state index contributed by atoms with van der Waals surface area (Å²) in [7, 11) is 2.87. The molecule has 60 heavy (non-hydrogen) atoms. The zero-order valence-electron chi connectivity index (χ0n) is 34.3. The number of rotatable bonds is 8. The Bertz CT molecular complexity index is 2560. The maximum atomic E-state index is 14.9. The minimum absolute atomic E-state index is 0.00654. The van der Waals surface area contributed by atoms with Gasteiger partial charge < -0.3 is 19.4 Å². The first kappa shape index (κ1) is 42.6. The maximum Gasteiger partial charge on any atom is 0.416 e. The second kappa shape index (κ2) is 15.5. The van der Waals surface area contributed by atoms with E-state index in [1.54, 1.807) is 14.0 Å². The monoisotopic (exact) mass is 837 g/mol. The fourth-order valence-electron chi connectivity index (χ4n) is 8.95. The Morgan fingerprint density at radius 2 is 1.35 bits per heavy atom. The standard InChI is InChI=1S/C44H45F6N5O5/c1-9-27-19(2)29-17-34-36(23(6)59-7)21(4)31(52-34)15-30-20(3)28(10-11-35(56)60-8)39(53-30)38-40-37(22(5)32(54-40)16-33(27)51-29)41(57)55(42(38)58)18-24-12-25(43(45,46)47)14-26(13-24)44(48,49)50/h12-17,19-20,23,27-28,52,54H,9-11,18H2,1-8H3/t19?,20-,23?,27?,28-/m0/s1. The highest BCUT2D eigenvalue weighted by Gasteiger charge is 2.43. The Hall–Kier alpha value is -5.51. The number of H-pyrrole nitrogens is 2. The molecule has 0 fully saturated rings. The van der Waals surface area contributed by atoms with Gasteiger partial charge in [-0.15, -0.1) is 0 Å². The van der Waals surface area contributed by atoms with Gasteiger partial charge in [-0.2, -0.15) is 26.3 Å². The molecule has 0 aliphatic carbocycles. The van der Waals surface area contributed by atoms with Crippen molar-refractivity contribution in [2.45, 2.75) is 109 Å². The highest BCUT2D eigenvalue weighted by Crippen LogP contribution is 2.46. The quantitative estimate of drug-likeness (QED) is 0.103. The number of carbonyl (C=O) groups excluding carboxylic acids is 3. The minimum Gasteiger partial charge on any atom is -0.469 e. The summed E-state index contributed by atoms with van der Waals surface area (Å²) in [5.41, 5.74) is 2.71. The van der Waals surface area contributed by atoms with Crippen LogP contribution < -0.4 is 0 Å². The van der Waals surface area contributed by atoms with Crippen LogP contribution in [0.4, 0.5) is 26.3 Å². The highest BCUT2D eigenvalue weighted by molar-refractivity contribution is 6.23. The SMILES string of the molecule is CCC1c2cc3[nH]c4c(c5nc(cc6[nH]c(cc(n2)C1C)c(C(C)OC)c6C)[C@@H](C)[C@@H]5CCC(=O)OC)C(=O)N(Cc1cc(C(F)(F)F)cc(C(F)(F)F)c1)C(=O)c4c3C. The van der Waals surface area contributed by atoms with E-state index in [1.165, 1.54) is 7.11 Å². The van der Waals surface area contributed by atoms with Crippen molar-refractivity contribution < 1.29 is 50.2 Å². The van der Waals surface area contributed by atoms with E-state index in [4.69, 9.17) is 19.4 Å². The molecule has 4 aromatic rings. The van der Waals surface area contributed by atoms with E-state index in [2.05, 4.69) is 16.9 Å². The molecular formula is C44H45F6N5O5. The number of esters is 1. The van der Waals surface area contributed by atoms with Gasteiger partial charge in [0.05, 0.1) is 53.2 Å². The van der Waals surface area contributed by atoms with E-state index in [0.29, 0.717) is 51.4 Å². The van der Waals surface area contributed by atoms with Crippen LogP contribution >= 0.6 is 0 Å². The minimum atomic E-state index is -5.16. The molecule has 7 rings (SSSR count). The summed E-state index contributed by atoms with van der Waals surface area (Å²) in [5.74, 6) is -3.50. The number of carbonyl (C=O) groups is 3. The maximum absolute atomic E-state index is 14.9. The number of imide groups is 1. The van der Waals surface area contributed by atoms with Crippen molar-refractivity contribution >= 4 is 39.9 Å². The first-order valence-corrected chi connectivity index (χ1v) is 19.7. The highest BCUT2D eigenvalue weighted by atomic mass is 19.4. The molecule has 0 saturated carbocycles. The lowest BCUT2D eigenvalue weighted by Crippen LogP contribution is -2.40. The van der Waals surface area contributed by atoms with E-state index < -0.39 is 65.2 Å². The molecule has 16 heteroatoms. The van der Waals surface area contributed by atoms with Gasteiger partial charge in [-0.25, -0.2) is 0 Å². The lowest BCUT2D eigenvalue weighted by atomic mass is 9.84. The van der Waals surface area contributed by atoms with Crippen LogP contribution in [0.15, 0.2) is 36.4 Å². The molecule has 3 aromatic heterocycles. The number of aryl methyl sites for hydroxylation is 2. The number of ether oxygens (including phenoxy) is 2. The molecule has 8 bridgehead atoms. The summed E-state index contributed by atoms with van der Waals surface area (Å²) in [5, 5.41) is 0. The first-order chi connectivity index (χ1) is 28.2. The summed E-state index contributed by atoms with van der Waals surface area (Å²) >= 11 is 0. The number of halogens is 6. The Morgan fingerprint density at radius 3 is 1.95 bits per heavy atom. The molecule has 3 aliphatic heterocycles. The van der Waals surface area contributed by atoms with Crippen LogP contribution in [0.2, 0.25) is 0 Å². The normalized spacial score (nSPS) is 19.9. The van der Waals surface area contributed by atoms with Crippen molar-refractivity contribution in [3.63, 3.8) is 0 Å². The van der Waals surface area contributed by atoms with E-state index in [0.717, 1.165) is 22.3 Å². The van der Waals surface area contributed by atoms with Crippen molar-refractivity contribution in [1.29, 1.82) is 0 Å². The van der Waals surface area contributed by atoms with Crippen LogP contribution in [0, 0.1) is 13.8 Å². The number of aromatic amines is 2. The third-order valence-electron chi connectivity index (χ3n) is 12.4. The Labute approximate surface area is 341 Å². The van der Waals surface area contributed by atoms with Gasteiger partial charge in [0.1, 0.15) is 0 Å². The second-order valence-electron chi connectivity index (χ2n) is 15.9. The van der Waals surface area contributed by atoms with Gasteiger partial charge in [0.2, 0.25) is 0 Å². The molecule has 3 aliphatic rings. The fraction of sp³-hybridized carbons (Fsp3) is 0.432. The number of alkyl halides is 6. The van der Waals surface area contributed by atoms with Crippen LogP contribution in [0.1, 0.15) is 154 Å². The number of hydrogen-bond acceptors (Lipinski definition) is 7. The summed E-state index contributed by atoms with van der Waals surface area (Å²) in [4.78, 5) is 59.7. The zero-order valence-corrected chi connectivity index (χ0v) is 34.3. The van der Waals surface area contributed by atoms with Gasteiger partial charge in [0.25, 0.3) is 11.8 Å². The van der Waals surface area contributed by atoms with Crippen LogP contribution in [0.3, 0.4) is 0 Å². The molecule has 6 heterocycles. The van der Waals surface area contributed by atoms with E-state index in [9.17, 15) is 40.7 Å². The third kappa shape index (κ3) is 7.36. The summed E-state index contributed by atoms with van der Waals surface area (Å²) < 4.78 is 94.6. The van der Waals surface area contributed by atoms with Gasteiger partial charge in [-0.05, 0) is 86.7 Å². The van der Waals surface area contributed by atoms with Crippen molar-refractivity contribution in [1.82, 2.24) is 24.8 Å². The van der Waals surface area contributed by atoms with Gasteiger partial charge in [-0.3, -0.25) is 29.3 Å². The van der Waals surface area contributed by atoms with Crippen LogP contribution in [-0.4, -0.2) is 56.8 Å². The molecule has 10 nitrogen and oxygen atoms in total. The van der Waals surface area contributed by atoms with Crippen molar-refractivity contribution in [2.75, 3.05) is 14.2 Å². The molecular weight excluding hydrogens is 793 g/mol. The molecule has 5 atom stereocenters. The topological polar surface area (TPSA) is 130 Å². The molecule has 0 radical (unpaired) electrons. The third-order valence-corrected chi connectivity index (χ3v) is 12.4. The lowest BCUT2D eigenvalue weighted by Gasteiger charge is -2.27. The van der Waals surface area contributed by atoms with Crippen molar-refractivity contribution in [3.8, 4) is 0 Å². The molecule has 2 N–H and O–H groups in total. The van der Waals surface area contributed by atoms with Gasteiger partial charge in [0.15, 0.2) is 0 Å². The number of aromatic nitrogens is 4. The smallest absolute Gasteiger partial charge is 0.416 e. The molecule has 1 aromatic carbocycles. The largest absolute Gasteiger partial charge is 0.469 e. The average Bonchev–Trinajstić information content (AvgIpc) is 3.87. The number of fused-ring (bicyclic) bond motifs is 8. The average molecular weight is 838 g/mol. The van der Waals surface area contributed by atoms with Crippen molar-refractivity contribution in [2.24, 2.45) is 0 Å². The summed E-state index contributed by atoms with van der Waals surface area (Å²) in [6, 6.07) is 6.70. The Morgan fingerprint density at radius 1 is 0.783 bits per heavy atom. The van der Waals surface area contributed by atoms with Gasteiger partial charge >= 0.3 is 18.3 Å². The predicted octanol–water partition coefficient (Wildman–Crippen LogP) is 10.6. The second-order valence-corrected chi connectivity index (χ2v) is 15.9. The van der Waals surface area contributed by atoms with E-state index >= 15 is 0 Å². The number of methoxy groups -OCH3 is 2. The van der Waals surface area contributed by atoms with Crippen molar-refractivity contribution in [3.05, 3.63) is 104 Å². The first-order valence-electron chi connectivity index (χ1n) is 19.7. The number of nitrogens with one attached hydrogen (secondary N) is 2. The number of amides is 2. The number of nitrogens with zero attached hydrogens (tertiary/aromatic N) is 3. The summed E-state index contributed by atoms with van der Waals surface area (Å²) in [6.07, 6.45) is -9.82. The molecule has 3 unspecified atom stereocenters. The Kier molecular flexibility index (Phi) is 11.0. The fourth-order valence-corrected chi connectivity index (χ4v) is 8.95. The van der Waals surface area contributed by atoms with Gasteiger partial charge in [0, 0.05) is 76.4 Å². The molecule has 0 spiro atoms. The lowest BCUT2D eigenvalue weighted by molar-refractivity contribution is -0.143. The molecule has 318 valence electrons. The predicted molar refractivity (Wildman–Crippen MR) is 210 cm³/mol. The van der Waals surface area contributed by atoms with E-state index in [1.807, 2.05) is 45.9 Å². The zero-order chi connectivity index (χ0) is 43.7. The Balaban J connectivity index is 1.58. The van der Waals surface area contributed by atoms with Crippen LogP contribution in [0.5, 0.6) is 0 Å². The number of benzene rings is 1. The van der Waals surface area contributed by atoms with Crippen LogP contribution in [0.25, 0.3) is 22.1 Å². The van der Waals surface area contributed by atoms with Gasteiger partial charge in [-0.1, -0.05) is 20.8 Å². The number of hydrogen-bond donors (Lipinski definition) is 2. The molecule has 2 amide bonds. The summed E-state index contributed by atoms with van der Waals surface area (Å²) in [6.45, 7) is 10.6. The van der Waals surface area contributed by atoms with E-state index in [-0.39, 0.29) is 59.2 Å². The molecule has 0 saturated heterocycles.